The van der Waals surface area contributed by atoms with Crippen LogP contribution < -0.4 is 0 Å². The minimum Gasteiger partial charge on any atom is -0.437 e. The summed E-state index contributed by atoms with van der Waals surface area (Å²) in [5, 5.41) is 4.49. The van der Waals surface area contributed by atoms with Crippen LogP contribution in [-0.2, 0) is 20.1 Å². The molecule has 0 bridgehead atoms. The van der Waals surface area contributed by atoms with Crippen molar-refractivity contribution < 1.29 is 32.7 Å². The maximum absolute atomic E-state index is 8.28. The molecule has 0 aliphatic heterocycles. The van der Waals surface area contributed by atoms with E-state index in [1.54, 1.807) is 24.5 Å². The molecule has 4 aromatic carbocycles. The van der Waals surface area contributed by atoms with Gasteiger partial charge in [-0.15, -0.1) is 65.5 Å². The van der Waals surface area contributed by atoms with Gasteiger partial charge in [-0.25, -0.2) is 4.98 Å². The van der Waals surface area contributed by atoms with Crippen molar-refractivity contribution >= 4 is 54.5 Å². The fraction of sp³-hybridized carbons (Fsp3) is 0.0571. The van der Waals surface area contributed by atoms with Crippen molar-refractivity contribution in [2.24, 2.45) is 0 Å². The monoisotopic (exact) mass is 700 g/mol. The van der Waals surface area contributed by atoms with Crippen molar-refractivity contribution in [2.75, 3.05) is 0 Å². The normalized spacial score (nSPS) is 13.9. The molecule has 8 rings (SSSR count). The second kappa shape index (κ2) is 10.6. The van der Waals surface area contributed by atoms with E-state index in [1.165, 1.54) is 0 Å². The molecule has 0 saturated carbocycles. The van der Waals surface area contributed by atoms with Crippen LogP contribution in [0.2, 0.25) is 0 Å². The van der Waals surface area contributed by atoms with Crippen LogP contribution in [0.4, 0.5) is 0 Å². The maximum atomic E-state index is 8.28. The summed E-state index contributed by atoms with van der Waals surface area (Å²) in [6.07, 6.45) is 4.57. The molecular formula is C35H23IrN3O-2. The first kappa shape index (κ1) is 19.6. The van der Waals surface area contributed by atoms with E-state index in [4.69, 9.17) is 12.6 Å². The molecule has 5 heteroatoms. The van der Waals surface area contributed by atoms with Gasteiger partial charge in [-0.1, -0.05) is 29.7 Å². The van der Waals surface area contributed by atoms with Gasteiger partial charge in [-0.05, 0) is 65.0 Å². The van der Waals surface area contributed by atoms with Crippen molar-refractivity contribution in [3.63, 3.8) is 0 Å². The van der Waals surface area contributed by atoms with E-state index in [2.05, 4.69) is 27.1 Å². The number of hydrogen-bond acceptors (Lipinski definition) is 4. The Morgan fingerprint density at radius 2 is 1.55 bits per heavy atom. The molecule has 0 atom stereocenters. The fourth-order valence-corrected chi connectivity index (χ4v) is 5.02. The molecule has 0 saturated heterocycles. The first-order chi connectivity index (χ1) is 21.6. The van der Waals surface area contributed by atoms with Crippen LogP contribution >= 0.6 is 0 Å². The van der Waals surface area contributed by atoms with Gasteiger partial charge in [-0.2, -0.15) is 0 Å². The van der Waals surface area contributed by atoms with Gasteiger partial charge in [0.2, 0.25) is 5.71 Å². The van der Waals surface area contributed by atoms with Crippen LogP contribution in [0, 0.1) is 25.8 Å². The molecule has 0 amide bonds. The Labute approximate surface area is 253 Å². The number of fused-ring (bicyclic) bond motifs is 10. The fourth-order valence-electron chi connectivity index (χ4n) is 5.02. The van der Waals surface area contributed by atoms with Gasteiger partial charge in [-0.3, -0.25) is 0 Å². The van der Waals surface area contributed by atoms with Crippen molar-refractivity contribution in [3.8, 4) is 11.3 Å². The molecule has 0 aliphatic rings. The Bertz CT molecular complexity index is 2320. The summed E-state index contributed by atoms with van der Waals surface area (Å²) in [7, 11) is 0. The van der Waals surface area contributed by atoms with Gasteiger partial charge in [0.15, 0.2) is 0 Å². The first-order valence-corrected chi connectivity index (χ1v) is 12.4. The zero-order valence-electron chi connectivity index (χ0n) is 26.9. The van der Waals surface area contributed by atoms with Crippen LogP contribution in [0.1, 0.15) is 19.4 Å². The number of nitrogens with zero attached hydrogens (tertiary/aromatic N) is 3. The molecule has 0 spiro atoms. The Morgan fingerprint density at radius 1 is 0.700 bits per heavy atom. The van der Waals surface area contributed by atoms with E-state index in [-0.39, 0.29) is 36.6 Å². The number of furan rings is 1. The molecule has 8 aromatic rings. The van der Waals surface area contributed by atoms with E-state index >= 15 is 0 Å². The number of rotatable bonds is 1. The van der Waals surface area contributed by atoms with Crippen LogP contribution in [0.3, 0.4) is 0 Å². The summed E-state index contributed by atoms with van der Waals surface area (Å²) >= 11 is 0. The number of aryl methyl sites for hydroxylation is 2. The molecule has 4 aromatic heterocycles. The van der Waals surface area contributed by atoms with Crippen molar-refractivity contribution in [3.05, 3.63) is 127 Å². The minimum atomic E-state index is -2.70. The van der Waals surface area contributed by atoms with Gasteiger partial charge >= 0.3 is 0 Å². The summed E-state index contributed by atoms with van der Waals surface area (Å²) in [5.74, 6) is 0. The molecule has 0 fully saturated rings. The number of benzene rings is 4. The second-order valence-electron chi connectivity index (χ2n) is 9.04. The Morgan fingerprint density at radius 3 is 2.38 bits per heavy atom. The van der Waals surface area contributed by atoms with Gasteiger partial charge in [0.05, 0.1) is 0 Å². The van der Waals surface area contributed by atoms with E-state index in [0.717, 1.165) is 39.0 Å². The van der Waals surface area contributed by atoms with Gasteiger partial charge in [0.1, 0.15) is 5.58 Å². The number of pyridine rings is 3. The zero-order valence-corrected chi connectivity index (χ0v) is 23.3. The largest absolute Gasteiger partial charge is 0.437 e. The van der Waals surface area contributed by atoms with Crippen LogP contribution in [-0.4, -0.2) is 15.0 Å². The smallest absolute Gasteiger partial charge is 0.227 e. The van der Waals surface area contributed by atoms with Crippen molar-refractivity contribution in [1.29, 1.82) is 0 Å². The molecule has 40 heavy (non-hydrogen) atoms. The third kappa shape index (κ3) is 4.24. The summed E-state index contributed by atoms with van der Waals surface area (Å²) in [4.78, 5) is 13.0. The molecule has 1 radical (unpaired) electrons. The molecule has 4 nitrogen and oxygen atoms in total. The molecular weight excluding hydrogens is 671 g/mol. The SMILES string of the molecule is [2H]C([2H])([2H])c1cnc2c3[c-]cccc3c3ccc4c5cccnc5oc4c3c2c1C([2H])([2H])[2H].[Ir].[c-]1ccccc1-c1ccccn1. The summed E-state index contributed by atoms with van der Waals surface area (Å²) in [6, 6.07) is 33.0. The average molecular weight is 700 g/mol. The standard InChI is InChI=1S/C24H15N2O.C11H8N.Ir/c1-13-12-26-22-17-7-4-3-6-15(17)16-9-10-18-19-8-5-11-25-24(19)27-23(18)21(16)20(22)14(13)2;1-2-6-10(7-3-1)11-8-4-5-9-12-11;/h3-6,8-12H,1-2H3;1-6,8-9H;/q2*-1;/i1D3,2D3;;. The average Bonchev–Trinajstić information content (AvgIpc) is 3.43. The molecule has 0 aliphatic carbocycles. The van der Waals surface area contributed by atoms with E-state index in [1.807, 2.05) is 72.8 Å². The summed E-state index contributed by atoms with van der Waals surface area (Å²) in [6.45, 7) is -5.36. The number of hydrogen-bond donors (Lipinski definition) is 0. The first-order valence-electron chi connectivity index (χ1n) is 15.4. The molecule has 0 N–H and O–H groups in total. The Balaban J connectivity index is 0.000000241. The van der Waals surface area contributed by atoms with Gasteiger partial charge < -0.3 is 14.4 Å². The van der Waals surface area contributed by atoms with Crippen molar-refractivity contribution in [2.45, 2.75) is 13.7 Å². The quantitative estimate of drug-likeness (QED) is 0.127. The summed E-state index contributed by atoms with van der Waals surface area (Å²) in [5.41, 5.74) is 2.72. The molecule has 0 unspecified atom stereocenters. The third-order valence-corrected chi connectivity index (χ3v) is 6.78. The maximum Gasteiger partial charge on any atom is 0.227 e. The van der Waals surface area contributed by atoms with Gasteiger partial charge in [0, 0.05) is 63.1 Å². The summed E-state index contributed by atoms with van der Waals surface area (Å²) < 4.78 is 55.0. The second-order valence-corrected chi connectivity index (χ2v) is 9.04. The zero-order chi connectivity index (χ0) is 31.3. The minimum absolute atomic E-state index is 0. The third-order valence-electron chi connectivity index (χ3n) is 6.78. The van der Waals surface area contributed by atoms with E-state index in [0.29, 0.717) is 27.6 Å². The predicted octanol–water partition coefficient (Wildman–Crippen LogP) is 8.80. The van der Waals surface area contributed by atoms with E-state index in [9.17, 15) is 0 Å². The van der Waals surface area contributed by atoms with Crippen molar-refractivity contribution in [1.82, 2.24) is 15.0 Å². The topological polar surface area (TPSA) is 51.8 Å². The Hall–Kier alpha value is -4.44. The molecule has 4 heterocycles. The number of aromatic nitrogens is 3. The Kier molecular flexibility index (Phi) is 5.20. The van der Waals surface area contributed by atoms with Crippen LogP contribution in [0.5, 0.6) is 0 Å². The molecule has 195 valence electrons. The van der Waals surface area contributed by atoms with E-state index < -0.39 is 13.7 Å². The van der Waals surface area contributed by atoms with Crippen LogP contribution in [0.25, 0.3) is 65.8 Å². The predicted molar refractivity (Wildman–Crippen MR) is 159 cm³/mol. The van der Waals surface area contributed by atoms with Crippen LogP contribution in [0.15, 0.2) is 108 Å². The van der Waals surface area contributed by atoms with Gasteiger partial charge in [0.25, 0.3) is 0 Å².